The third-order valence-corrected chi connectivity index (χ3v) is 2.85. The molecule has 0 bridgehead atoms. The molecular weight excluding hydrogens is 322 g/mol. The molecule has 0 saturated heterocycles. The number of hydrogen-bond donors (Lipinski definition) is 1. The number of nitrogens with two attached hydrogens (primary N) is 1. The van der Waals surface area contributed by atoms with Gasteiger partial charge in [0.2, 0.25) is 0 Å². The maximum Gasteiger partial charge on any atom is 0.165 e. The van der Waals surface area contributed by atoms with Crippen LogP contribution in [0.15, 0.2) is 24.3 Å². The van der Waals surface area contributed by atoms with Crippen molar-refractivity contribution in [2.24, 2.45) is 0 Å². The Balaban J connectivity index is 2.59. The SMILES string of the molecule is N#Cc1cc(N)n(-c2ccc(F)cc2I)n1. The van der Waals surface area contributed by atoms with Crippen molar-refractivity contribution in [2.45, 2.75) is 0 Å². The maximum atomic E-state index is 12.9. The molecule has 0 saturated carbocycles. The molecule has 80 valence electrons. The molecule has 2 aromatic rings. The summed E-state index contributed by atoms with van der Waals surface area (Å²) in [5.41, 5.74) is 6.60. The lowest BCUT2D eigenvalue weighted by Gasteiger charge is -2.06. The summed E-state index contributed by atoms with van der Waals surface area (Å²) in [4.78, 5) is 0. The molecule has 1 aromatic heterocycles. The van der Waals surface area contributed by atoms with E-state index >= 15 is 0 Å². The van der Waals surface area contributed by atoms with Gasteiger partial charge >= 0.3 is 0 Å². The van der Waals surface area contributed by atoms with Crippen LogP contribution in [-0.4, -0.2) is 9.78 Å². The number of benzene rings is 1. The van der Waals surface area contributed by atoms with Gasteiger partial charge in [-0.2, -0.15) is 10.4 Å². The molecule has 2 N–H and O–H groups in total. The summed E-state index contributed by atoms with van der Waals surface area (Å²) in [5, 5.41) is 12.7. The van der Waals surface area contributed by atoms with E-state index in [9.17, 15) is 4.39 Å². The Morgan fingerprint density at radius 2 is 2.19 bits per heavy atom. The standard InChI is InChI=1S/C10H6FIN4/c11-6-1-2-9(8(12)3-6)16-10(14)4-7(5-13)15-16/h1-4H,14H2. The average Bonchev–Trinajstić information content (AvgIpc) is 2.60. The lowest BCUT2D eigenvalue weighted by molar-refractivity contribution is 0.626. The molecule has 0 aliphatic carbocycles. The van der Waals surface area contributed by atoms with Crippen molar-refractivity contribution in [2.75, 3.05) is 5.73 Å². The highest BCUT2D eigenvalue weighted by Crippen LogP contribution is 2.21. The van der Waals surface area contributed by atoms with Crippen molar-refractivity contribution in [3.63, 3.8) is 0 Å². The predicted molar refractivity (Wildman–Crippen MR) is 65.4 cm³/mol. The van der Waals surface area contributed by atoms with Crippen LogP contribution < -0.4 is 5.73 Å². The lowest BCUT2D eigenvalue weighted by atomic mass is 10.3. The predicted octanol–water partition coefficient (Wildman–Crippen LogP) is 2.07. The molecule has 0 aliphatic heterocycles. The van der Waals surface area contributed by atoms with Crippen LogP contribution in [0.25, 0.3) is 5.69 Å². The monoisotopic (exact) mass is 328 g/mol. The van der Waals surface area contributed by atoms with Gasteiger partial charge in [-0.05, 0) is 40.8 Å². The van der Waals surface area contributed by atoms with Gasteiger partial charge in [-0.25, -0.2) is 9.07 Å². The van der Waals surface area contributed by atoms with Gasteiger partial charge in [0, 0.05) is 9.64 Å². The maximum absolute atomic E-state index is 12.9. The zero-order valence-corrected chi connectivity index (χ0v) is 10.1. The van der Waals surface area contributed by atoms with Crippen molar-refractivity contribution < 1.29 is 4.39 Å². The number of hydrogen-bond acceptors (Lipinski definition) is 3. The number of halogens is 2. The van der Waals surface area contributed by atoms with Crippen molar-refractivity contribution >= 4 is 28.4 Å². The number of rotatable bonds is 1. The smallest absolute Gasteiger partial charge is 0.165 e. The molecule has 0 fully saturated rings. The first-order valence-corrected chi connectivity index (χ1v) is 5.41. The van der Waals surface area contributed by atoms with Crippen molar-refractivity contribution in [3.8, 4) is 11.8 Å². The molecule has 0 aliphatic rings. The van der Waals surface area contributed by atoms with E-state index in [1.165, 1.54) is 22.9 Å². The van der Waals surface area contributed by atoms with E-state index in [1.54, 1.807) is 6.07 Å². The quantitative estimate of drug-likeness (QED) is 0.815. The van der Waals surface area contributed by atoms with Crippen LogP contribution in [-0.2, 0) is 0 Å². The minimum atomic E-state index is -0.320. The minimum Gasteiger partial charge on any atom is -0.384 e. The van der Waals surface area contributed by atoms with E-state index in [2.05, 4.69) is 5.10 Å². The van der Waals surface area contributed by atoms with Crippen LogP contribution in [0.2, 0.25) is 0 Å². The zero-order chi connectivity index (χ0) is 11.7. The van der Waals surface area contributed by atoms with Crippen LogP contribution in [0.5, 0.6) is 0 Å². The second-order valence-corrected chi connectivity index (χ2v) is 4.24. The van der Waals surface area contributed by atoms with E-state index in [4.69, 9.17) is 11.0 Å². The number of anilines is 1. The molecule has 0 unspecified atom stereocenters. The number of nitrogen functional groups attached to an aromatic ring is 1. The molecule has 0 amide bonds. The van der Waals surface area contributed by atoms with Gasteiger partial charge in [-0.3, -0.25) is 0 Å². The van der Waals surface area contributed by atoms with Crippen molar-refractivity contribution in [3.05, 3.63) is 39.3 Å². The lowest BCUT2D eigenvalue weighted by Crippen LogP contribution is -2.03. The molecule has 2 rings (SSSR count). The highest BCUT2D eigenvalue weighted by atomic mass is 127. The number of nitriles is 1. The Hall–Kier alpha value is -1.62. The van der Waals surface area contributed by atoms with Crippen LogP contribution in [0, 0.1) is 20.7 Å². The molecular formula is C10H6FIN4. The van der Waals surface area contributed by atoms with Gasteiger partial charge < -0.3 is 5.73 Å². The van der Waals surface area contributed by atoms with Gasteiger partial charge in [0.05, 0.1) is 5.69 Å². The second-order valence-electron chi connectivity index (χ2n) is 3.07. The number of aromatic nitrogens is 2. The fraction of sp³-hybridized carbons (Fsp3) is 0. The molecule has 1 aromatic carbocycles. The summed E-state index contributed by atoms with van der Waals surface area (Å²) in [6.07, 6.45) is 0. The van der Waals surface area contributed by atoms with E-state index in [1.807, 2.05) is 28.7 Å². The third kappa shape index (κ3) is 1.86. The fourth-order valence-electron chi connectivity index (χ4n) is 1.30. The number of nitrogens with zero attached hydrogens (tertiary/aromatic N) is 3. The summed E-state index contributed by atoms with van der Waals surface area (Å²) in [5.74, 6) is 0.0282. The Morgan fingerprint density at radius 1 is 1.44 bits per heavy atom. The van der Waals surface area contributed by atoms with Gasteiger partial charge in [0.1, 0.15) is 17.7 Å². The van der Waals surface area contributed by atoms with E-state index in [0.717, 1.165) is 0 Å². The first-order chi connectivity index (χ1) is 7.61. The topological polar surface area (TPSA) is 67.6 Å². The molecule has 1 heterocycles. The second kappa shape index (κ2) is 4.09. The molecule has 4 nitrogen and oxygen atoms in total. The Bertz CT molecular complexity index is 585. The highest BCUT2D eigenvalue weighted by molar-refractivity contribution is 14.1. The summed E-state index contributed by atoms with van der Waals surface area (Å²) >= 11 is 1.99. The van der Waals surface area contributed by atoms with Crippen LogP contribution in [0.1, 0.15) is 5.69 Å². The molecule has 0 atom stereocenters. The first kappa shape index (κ1) is 10.9. The van der Waals surface area contributed by atoms with Gasteiger partial charge in [0.25, 0.3) is 0 Å². The third-order valence-electron chi connectivity index (χ3n) is 1.99. The normalized spacial score (nSPS) is 10.1. The van der Waals surface area contributed by atoms with Gasteiger partial charge in [-0.1, -0.05) is 0 Å². The van der Waals surface area contributed by atoms with Gasteiger partial charge in [-0.15, -0.1) is 0 Å². The first-order valence-electron chi connectivity index (χ1n) is 4.33. The molecule has 6 heteroatoms. The van der Waals surface area contributed by atoms with E-state index in [-0.39, 0.29) is 11.5 Å². The van der Waals surface area contributed by atoms with E-state index in [0.29, 0.717) is 15.1 Å². The molecule has 16 heavy (non-hydrogen) atoms. The van der Waals surface area contributed by atoms with Crippen LogP contribution in [0.3, 0.4) is 0 Å². The Labute approximate surface area is 105 Å². The summed E-state index contributed by atoms with van der Waals surface area (Å²) in [6, 6.07) is 7.65. The minimum absolute atomic E-state index is 0.234. The van der Waals surface area contributed by atoms with Crippen molar-refractivity contribution in [1.29, 1.82) is 5.26 Å². The average molecular weight is 328 g/mol. The fourth-order valence-corrected chi connectivity index (χ4v) is 2.00. The zero-order valence-electron chi connectivity index (χ0n) is 7.98. The van der Waals surface area contributed by atoms with Crippen LogP contribution >= 0.6 is 22.6 Å². The van der Waals surface area contributed by atoms with Crippen LogP contribution in [0.4, 0.5) is 10.2 Å². The molecule has 0 radical (unpaired) electrons. The largest absolute Gasteiger partial charge is 0.384 e. The van der Waals surface area contributed by atoms with Crippen molar-refractivity contribution in [1.82, 2.24) is 9.78 Å². The molecule has 0 spiro atoms. The Morgan fingerprint density at radius 3 is 2.75 bits per heavy atom. The summed E-state index contributed by atoms with van der Waals surface area (Å²) in [6.45, 7) is 0. The van der Waals surface area contributed by atoms with E-state index < -0.39 is 0 Å². The summed E-state index contributed by atoms with van der Waals surface area (Å²) in [7, 11) is 0. The summed E-state index contributed by atoms with van der Waals surface area (Å²) < 4.78 is 15.0. The Kier molecular flexibility index (Phi) is 2.78. The highest BCUT2D eigenvalue weighted by Gasteiger charge is 2.09. The van der Waals surface area contributed by atoms with Gasteiger partial charge in [0.15, 0.2) is 5.69 Å².